The predicted molar refractivity (Wildman–Crippen MR) is 184 cm³/mol. The quantitative estimate of drug-likeness (QED) is 0.175. The van der Waals surface area contributed by atoms with E-state index >= 15 is 13.2 Å². The van der Waals surface area contributed by atoms with Gasteiger partial charge in [0.2, 0.25) is 11.8 Å². The number of ether oxygens (including phenoxy) is 1. The van der Waals surface area contributed by atoms with Gasteiger partial charge in [-0.25, -0.2) is 22.4 Å². The number of hydrogen-bond acceptors (Lipinski definition) is 8. The van der Waals surface area contributed by atoms with E-state index in [1.54, 1.807) is 13.8 Å². The molecule has 1 unspecified atom stereocenters. The van der Waals surface area contributed by atoms with Crippen LogP contribution in [0, 0.1) is 28.4 Å². The van der Waals surface area contributed by atoms with Crippen LogP contribution in [0.4, 0.5) is 41.2 Å². The maximum atomic E-state index is 16.2. The Morgan fingerprint density at radius 3 is 2.25 bits per heavy atom. The normalized spacial score (nSPS) is 16.3. The van der Waals surface area contributed by atoms with Gasteiger partial charge < -0.3 is 19.4 Å². The van der Waals surface area contributed by atoms with Crippen molar-refractivity contribution in [3.8, 4) is 28.8 Å². The fourth-order valence-corrected chi connectivity index (χ4v) is 6.40. The van der Waals surface area contributed by atoms with Gasteiger partial charge in [0.1, 0.15) is 34.4 Å². The second-order valence-electron chi connectivity index (χ2n) is 15.7. The lowest BCUT2D eigenvalue weighted by Gasteiger charge is -2.33. The molecule has 0 aliphatic carbocycles. The van der Waals surface area contributed by atoms with Crippen molar-refractivity contribution in [2.45, 2.75) is 97.0 Å². The van der Waals surface area contributed by atoms with Gasteiger partial charge in [-0.05, 0) is 63.3 Å². The van der Waals surface area contributed by atoms with E-state index in [1.807, 2.05) is 26.8 Å². The van der Waals surface area contributed by atoms with Gasteiger partial charge in [0.05, 0.1) is 29.4 Å². The largest absolute Gasteiger partial charge is 0.444 e. The minimum Gasteiger partial charge on any atom is -0.444 e. The number of hydrogen-bond donors (Lipinski definition) is 1. The standard InChI is InChI=1S/C38H37F7N6O4/c1-34(2,3)18-36(6,7)55-33(53)48-27-15-37(41,42)24-14-25(39)23(30-49-50-32(54-30)35(4,5)19-46)13-28(24)51(31(27)52)17-20-8-10-21(11-9-20)29-26(40)12-22(16-47-29)38(43,44)45/h8-14,16,27H,15,17-18H2,1-7H3,(H,48,53). The Hall–Kier alpha value is -5.53. The van der Waals surface area contributed by atoms with Crippen molar-refractivity contribution < 1.29 is 49.5 Å². The first-order valence-electron chi connectivity index (χ1n) is 16.9. The zero-order valence-corrected chi connectivity index (χ0v) is 30.8. The van der Waals surface area contributed by atoms with Crippen molar-refractivity contribution in [2.75, 3.05) is 4.90 Å². The Morgan fingerprint density at radius 1 is 1.02 bits per heavy atom. The van der Waals surface area contributed by atoms with Crippen molar-refractivity contribution in [1.29, 1.82) is 5.26 Å². The molecule has 10 nitrogen and oxygen atoms in total. The molecular weight excluding hydrogens is 737 g/mol. The molecule has 0 saturated heterocycles. The summed E-state index contributed by atoms with van der Waals surface area (Å²) >= 11 is 0. The molecule has 17 heteroatoms. The van der Waals surface area contributed by atoms with Crippen LogP contribution in [0.2, 0.25) is 0 Å². The van der Waals surface area contributed by atoms with E-state index in [0.29, 0.717) is 24.8 Å². The molecule has 0 bridgehead atoms. The number of amides is 2. The number of rotatable bonds is 8. The van der Waals surface area contributed by atoms with Crippen LogP contribution in [0.25, 0.3) is 22.7 Å². The van der Waals surface area contributed by atoms with Crippen LogP contribution in [0.5, 0.6) is 0 Å². The first-order chi connectivity index (χ1) is 25.3. The summed E-state index contributed by atoms with van der Waals surface area (Å²) in [6.45, 7) is 11.5. The molecule has 0 spiro atoms. The number of pyridine rings is 1. The van der Waals surface area contributed by atoms with Crippen LogP contribution < -0.4 is 10.2 Å². The summed E-state index contributed by atoms with van der Waals surface area (Å²) in [6, 6.07) is 7.19. The average Bonchev–Trinajstić information content (AvgIpc) is 3.54. The summed E-state index contributed by atoms with van der Waals surface area (Å²) in [4.78, 5) is 31.9. The number of nitrogens with one attached hydrogen (secondary N) is 1. The molecule has 3 heterocycles. The lowest BCUT2D eigenvalue weighted by atomic mass is 9.84. The fraction of sp³-hybridized carbons (Fsp3) is 0.421. The van der Waals surface area contributed by atoms with Gasteiger partial charge in [-0.1, -0.05) is 45.0 Å². The van der Waals surface area contributed by atoms with E-state index in [9.17, 15) is 32.4 Å². The smallest absolute Gasteiger partial charge is 0.417 e. The minimum atomic E-state index is -4.82. The zero-order valence-electron chi connectivity index (χ0n) is 30.8. The lowest BCUT2D eigenvalue weighted by Crippen LogP contribution is -2.50. The second-order valence-corrected chi connectivity index (χ2v) is 15.7. The van der Waals surface area contributed by atoms with Gasteiger partial charge in [-0.2, -0.15) is 18.4 Å². The highest BCUT2D eigenvalue weighted by atomic mass is 19.4. The third-order valence-electron chi connectivity index (χ3n) is 8.62. The van der Waals surface area contributed by atoms with Crippen LogP contribution in [0.15, 0.2) is 53.1 Å². The summed E-state index contributed by atoms with van der Waals surface area (Å²) in [5.41, 5.74) is -5.84. The number of carbonyl (C=O) groups excluding carboxylic acids is 2. The molecule has 2 amide bonds. The molecule has 55 heavy (non-hydrogen) atoms. The van der Waals surface area contributed by atoms with Gasteiger partial charge in [-0.3, -0.25) is 9.78 Å². The number of alkyl carbamates (subject to hydrolysis) is 1. The van der Waals surface area contributed by atoms with Crippen LogP contribution in [0.3, 0.4) is 0 Å². The van der Waals surface area contributed by atoms with E-state index in [1.165, 1.54) is 38.1 Å². The predicted octanol–water partition coefficient (Wildman–Crippen LogP) is 9.24. The highest BCUT2D eigenvalue weighted by molar-refractivity contribution is 6.01. The molecule has 1 aliphatic heterocycles. The molecule has 292 valence electrons. The average molecular weight is 775 g/mol. The monoisotopic (exact) mass is 774 g/mol. The first kappa shape index (κ1) is 40.7. The highest BCUT2D eigenvalue weighted by Crippen LogP contribution is 2.45. The number of aromatic nitrogens is 3. The van der Waals surface area contributed by atoms with Gasteiger partial charge in [0.25, 0.3) is 11.8 Å². The SMILES string of the molecule is CC(C)(C)CC(C)(C)OC(=O)NC1CC(F)(F)c2cc(F)c(-c3nnc(C(C)(C)C#N)o3)cc2N(Cc2ccc(-c3ncc(C(F)(F)F)cc3F)cc2)C1=O. The van der Waals surface area contributed by atoms with Gasteiger partial charge in [0, 0.05) is 23.7 Å². The van der Waals surface area contributed by atoms with E-state index in [0.717, 1.165) is 11.0 Å². The zero-order chi connectivity index (χ0) is 40.9. The number of benzene rings is 2. The second kappa shape index (κ2) is 14.3. The minimum absolute atomic E-state index is 0.0705. The fourth-order valence-electron chi connectivity index (χ4n) is 6.40. The van der Waals surface area contributed by atoms with Crippen LogP contribution in [-0.4, -0.2) is 38.8 Å². The number of nitrogens with zero attached hydrogens (tertiary/aromatic N) is 5. The molecule has 1 aliphatic rings. The van der Waals surface area contributed by atoms with Gasteiger partial charge >= 0.3 is 12.3 Å². The number of halogens is 7. The maximum Gasteiger partial charge on any atom is 0.417 e. The molecular formula is C38H37F7N6O4. The highest BCUT2D eigenvalue weighted by Gasteiger charge is 2.47. The molecule has 0 fully saturated rings. The molecule has 2 aromatic carbocycles. The molecule has 4 aromatic rings. The number of nitriles is 1. The molecule has 2 aromatic heterocycles. The number of anilines is 1. The molecule has 0 saturated carbocycles. The summed E-state index contributed by atoms with van der Waals surface area (Å²) in [7, 11) is 0. The number of fused-ring (bicyclic) bond motifs is 1. The third-order valence-corrected chi connectivity index (χ3v) is 8.62. The Labute approximate surface area is 311 Å². The van der Waals surface area contributed by atoms with E-state index in [4.69, 9.17) is 9.15 Å². The van der Waals surface area contributed by atoms with Crippen molar-refractivity contribution in [3.05, 3.63) is 82.9 Å². The summed E-state index contributed by atoms with van der Waals surface area (Å²) in [6.07, 6.45) is -6.38. The van der Waals surface area contributed by atoms with Crippen LogP contribution in [-0.2, 0) is 33.6 Å². The topological polar surface area (TPSA) is 134 Å². The molecule has 5 rings (SSSR count). The van der Waals surface area contributed by atoms with Crippen molar-refractivity contribution >= 4 is 17.7 Å². The third kappa shape index (κ3) is 9.06. The summed E-state index contributed by atoms with van der Waals surface area (Å²) in [5, 5.41) is 19.4. The lowest BCUT2D eigenvalue weighted by molar-refractivity contribution is -0.138. The Balaban J connectivity index is 1.56. The van der Waals surface area contributed by atoms with Crippen molar-refractivity contribution in [2.24, 2.45) is 5.41 Å². The van der Waals surface area contributed by atoms with Gasteiger partial charge in [0.15, 0.2) is 0 Å². The number of alkyl halides is 5. The van der Waals surface area contributed by atoms with Gasteiger partial charge in [-0.15, -0.1) is 10.2 Å². The Morgan fingerprint density at radius 2 is 1.67 bits per heavy atom. The van der Waals surface area contributed by atoms with Crippen molar-refractivity contribution in [3.63, 3.8) is 0 Å². The summed E-state index contributed by atoms with van der Waals surface area (Å²) in [5.74, 6) is -8.04. The Kier molecular flexibility index (Phi) is 10.6. The van der Waals surface area contributed by atoms with Crippen LogP contribution >= 0.6 is 0 Å². The van der Waals surface area contributed by atoms with E-state index < -0.39 is 99.7 Å². The van der Waals surface area contributed by atoms with E-state index in [-0.39, 0.29) is 22.4 Å². The Bertz CT molecular complexity index is 2150. The molecule has 1 N–H and O–H groups in total. The first-order valence-corrected chi connectivity index (χ1v) is 16.9. The summed E-state index contributed by atoms with van der Waals surface area (Å²) < 4.78 is 113. The van der Waals surface area contributed by atoms with E-state index in [2.05, 4.69) is 20.5 Å². The molecule has 1 atom stereocenters. The van der Waals surface area contributed by atoms with Crippen molar-refractivity contribution in [1.82, 2.24) is 20.5 Å². The number of carbonyl (C=O) groups is 2. The van der Waals surface area contributed by atoms with Crippen LogP contribution in [0.1, 0.15) is 83.9 Å². The molecule has 0 radical (unpaired) electrons. The maximum absolute atomic E-state index is 16.2.